The molecule has 12 heteroatoms. The molecule has 0 radical (unpaired) electrons. The molecule has 36 heavy (non-hydrogen) atoms. The van der Waals surface area contributed by atoms with Crippen LogP contribution in [0.1, 0.15) is 16.8 Å². The van der Waals surface area contributed by atoms with Gasteiger partial charge in [-0.1, -0.05) is 6.07 Å². The number of nitrogens with zero attached hydrogens (tertiary/aromatic N) is 4. The first-order chi connectivity index (χ1) is 17.4. The van der Waals surface area contributed by atoms with Crippen LogP contribution in [0, 0.1) is 5.92 Å². The summed E-state index contributed by atoms with van der Waals surface area (Å²) < 4.78 is 35.4. The van der Waals surface area contributed by atoms with E-state index < -0.39 is 10.0 Å². The second-order valence-electron chi connectivity index (χ2n) is 8.75. The van der Waals surface area contributed by atoms with Crippen LogP contribution < -0.4 is 19.7 Å². The fourth-order valence-corrected chi connectivity index (χ4v) is 6.77. The lowest BCUT2D eigenvalue weighted by molar-refractivity contribution is 0.0948. The van der Waals surface area contributed by atoms with E-state index in [-0.39, 0.29) is 33.9 Å². The van der Waals surface area contributed by atoms with Crippen molar-refractivity contribution in [1.29, 1.82) is 0 Å². The molecule has 1 fully saturated rings. The lowest BCUT2D eigenvalue weighted by atomic mass is 10.1. The summed E-state index contributed by atoms with van der Waals surface area (Å²) in [6.07, 6.45) is 4.11. The number of rotatable bonds is 1. The first-order valence-electron chi connectivity index (χ1n) is 11.4. The van der Waals surface area contributed by atoms with Crippen LogP contribution in [0.5, 0.6) is 5.88 Å². The number of hydrogen-bond donors (Lipinski definition) is 2. The molecule has 2 aliphatic heterocycles. The van der Waals surface area contributed by atoms with E-state index in [1.165, 1.54) is 30.6 Å². The lowest BCUT2D eigenvalue weighted by Gasteiger charge is -2.18. The van der Waals surface area contributed by atoms with Crippen LogP contribution in [-0.4, -0.2) is 56.0 Å². The van der Waals surface area contributed by atoms with Gasteiger partial charge in [0.2, 0.25) is 5.88 Å². The summed E-state index contributed by atoms with van der Waals surface area (Å²) >= 11 is 1.53. The minimum Gasteiger partial charge on any atom is -0.480 e. The minimum atomic E-state index is -4.03. The lowest BCUT2D eigenvalue weighted by Crippen LogP contribution is -2.31. The summed E-state index contributed by atoms with van der Waals surface area (Å²) in [6, 6.07) is 9.61. The van der Waals surface area contributed by atoms with E-state index in [1.807, 2.05) is 6.07 Å². The first kappa shape index (κ1) is 22.7. The van der Waals surface area contributed by atoms with Gasteiger partial charge < -0.3 is 15.0 Å². The van der Waals surface area contributed by atoms with Crippen molar-refractivity contribution in [3.8, 4) is 16.3 Å². The highest BCUT2D eigenvalue weighted by atomic mass is 32.2. The molecule has 1 aromatic carbocycles. The van der Waals surface area contributed by atoms with E-state index in [4.69, 9.17) is 4.74 Å². The van der Waals surface area contributed by atoms with Gasteiger partial charge in [-0.3, -0.25) is 9.52 Å². The number of ether oxygens (including phenoxy) is 1. The van der Waals surface area contributed by atoms with Crippen molar-refractivity contribution in [2.24, 2.45) is 5.92 Å². The molecule has 2 aliphatic rings. The van der Waals surface area contributed by atoms with Crippen LogP contribution >= 0.6 is 11.3 Å². The number of anilines is 2. The summed E-state index contributed by atoms with van der Waals surface area (Å²) in [4.78, 5) is 29.3. The van der Waals surface area contributed by atoms with Crippen LogP contribution in [0.4, 0.5) is 11.5 Å². The van der Waals surface area contributed by atoms with Gasteiger partial charge in [-0.25, -0.2) is 23.4 Å². The zero-order valence-corrected chi connectivity index (χ0v) is 20.9. The molecule has 2 N–H and O–H groups in total. The molecule has 10 nitrogen and oxygen atoms in total. The zero-order chi connectivity index (χ0) is 24.9. The molecule has 8 bridgehead atoms. The molecule has 3 aromatic heterocycles. The number of carbonyl (C=O) groups is 1. The SMILES string of the molecule is COc1ncc2cc1NS(=O)(=O)c1cccc(c1)C(=O)NCC1CCN(C1)c1ncnc3cc-2sc13. The van der Waals surface area contributed by atoms with Gasteiger partial charge in [-0.05, 0) is 42.7 Å². The highest BCUT2D eigenvalue weighted by Gasteiger charge is 2.27. The van der Waals surface area contributed by atoms with E-state index in [0.717, 1.165) is 46.0 Å². The Bertz CT molecular complexity index is 1600. The van der Waals surface area contributed by atoms with Gasteiger partial charge in [-0.2, -0.15) is 0 Å². The normalized spacial score (nSPS) is 18.9. The Morgan fingerprint density at radius 1 is 1.14 bits per heavy atom. The second kappa shape index (κ2) is 8.71. The Hall–Kier alpha value is -3.77. The van der Waals surface area contributed by atoms with Gasteiger partial charge in [0.1, 0.15) is 17.8 Å². The topological polar surface area (TPSA) is 126 Å². The highest BCUT2D eigenvalue weighted by Crippen LogP contribution is 2.40. The number of methoxy groups -OCH3 is 1. The van der Waals surface area contributed by atoms with E-state index in [0.29, 0.717) is 6.54 Å². The third-order valence-electron chi connectivity index (χ3n) is 6.41. The molecule has 4 aromatic rings. The minimum absolute atomic E-state index is 0.0301. The molecule has 1 amide bonds. The number of aromatic nitrogens is 3. The van der Waals surface area contributed by atoms with Crippen LogP contribution in [-0.2, 0) is 10.0 Å². The van der Waals surface area contributed by atoms with Crippen molar-refractivity contribution >= 4 is 49.0 Å². The van der Waals surface area contributed by atoms with Crippen LogP contribution in [0.3, 0.4) is 0 Å². The summed E-state index contributed by atoms with van der Waals surface area (Å²) in [5, 5.41) is 2.96. The number of hydrogen-bond acceptors (Lipinski definition) is 9. The number of thiophene rings is 1. The third-order valence-corrected chi connectivity index (χ3v) is 8.94. The van der Waals surface area contributed by atoms with Gasteiger partial charge in [0, 0.05) is 41.8 Å². The second-order valence-corrected chi connectivity index (χ2v) is 11.5. The fraction of sp³-hybridized carbons (Fsp3) is 0.250. The predicted molar refractivity (Wildman–Crippen MR) is 137 cm³/mol. The van der Waals surface area contributed by atoms with Crippen molar-refractivity contribution in [3.05, 3.63) is 54.5 Å². The molecular formula is C24H22N6O4S2. The zero-order valence-electron chi connectivity index (χ0n) is 19.3. The Morgan fingerprint density at radius 3 is 2.89 bits per heavy atom. The van der Waals surface area contributed by atoms with Crippen molar-refractivity contribution in [3.63, 3.8) is 0 Å². The standard InChI is InChI=1S/C24H22N6O4S2/c1-34-24-19-8-16(11-26-24)20-9-18-21(35-20)22(28-13-27-18)30-6-5-14(12-30)10-25-23(31)15-3-2-4-17(7-15)36(32,33)29-19/h2-4,7-9,11,13-14,29H,5-6,10,12H2,1H3,(H,25,31). The maximum absolute atomic E-state index is 13.3. The van der Waals surface area contributed by atoms with Crippen molar-refractivity contribution in [1.82, 2.24) is 20.3 Å². The molecule has 5 heterocycles. The monoisotopic (exact) mass is 522 g/mol. The molecule has 0 spiro atoms. The summed E-state index contributed by atoms with van der Waals surface area (Å²) in [5.41, 5.74) is 1.99. The van der Waals surface area contributed by atoms with Gasteiger partial charge in [0.15, 0.2) is 0 Å². The number of fused-ring (bicyclic) bond motifs is 9. The van der Waals surface area contributed by atoms with Crippen molar-refractivity contribution in [2.75, 3.05) is 36.4 Å². The third kappa shape index (κ3) is 4.01. The molecule has 1 saturated heterocycles. The van der Waals surface area contributed by atoms with Crippen LogP contribution in [0.15, 0.2) is 53.8 Å². The molecule has 1 unspecified atom stereocenters. The number of pyridine rings is 1. The number of amides is 1. The van der Waals surface area contributed by atoms with Crippen LogP contribution in [0.25, 0.3) is 20.7 Å². The summed E-state index contributed by atoms with van der Waals surface area (Å²) in [6.45, 7) is 2.07. The molecule has 0 saturated carbocycles. The molecule has 184 valence electrons. The Labute approximate surface area is 211 Å². The average Bonchev–Trinajstić information content (AvgIpc) is 3.54. The largest absolute Gasteiger partial charge is 0.480 e. The fourth-order valence-electron chi connectivity index (χ4n) is 4.57. The van der Waals surface area contributed by atoms with Gasteiger partial charge >= 0.3 is 0 Å². The highest BCUT2D eigenvalue weighted by molar-refractivity contribution is 7.92. The van der Waals surface area contributed by atoms with Gasteiger partial charge in [0.25, 0.3) is 15.9 Å². The molecule has 6 rings (SSSR count). The number of sulfonamides is 1. The molecular weight excluding hydrogens is 500 g/mol. The summed E-state index contributed by atoms with van der Waals surface area (Å²) in [5.74, 6) is 0.927. The van der Waals surface area contributed by atoms with E-state index in [1.54, 1.807) is 30.7 Å². The number of carbonyl (C=O) groups excluding carboxylic acids is 1. The van der Waals surface area contributed by atoms with E-state index >= 15 is 0 Å². The maximum atomic E-state index is 13.3. The van der Waals surface area contributed by atoms with Crippen molar-refractivity contribution < 1.29 is 17.9 Å². The molecule has 1 atom stereocenters. The van der Waals surface area contributed by atoms with E-state index in [9.17, 15) is 13.2 Å². The quantitative estimate of drug-likeness (QED) is 0.391. The molecule has 0 aliphatic carbocycles. The average molecular weight is 523 g/mol. The van der Waals surface area contributed by atoms with E-state index in [2.05, 4.69) is 29.9 Å². The number of benzene rings is 1. The van der Waals surface area contributed by atoms with Crippen LogP contribution in [0.2, 0.25) is 0 Å². The maximum Gasteiger partial charge on any atom is 0.262 e. The summed E-state index contributed by atoms with van der Waals surface area (Å²) in [7, 11) is -2.60. The smallest absolute Gasteiger partial charge is 0.262 e. The number of nitrogens with one attached hydrogen (secondary N) is 2. The Balaban J connectivity index is 1.51. The first-order valence-corrected chi connectivity index (χ1v) is 13.7. The predicted octanol–water partition coefficient (Wildman–Crippen LogP) is 3.13. The van der Waals surface area contributed by atoms with Crippen molar-refractivity contribution in [2.45, 2.75) is 11.3 Å². The van der Waals surface area contributed by atoms with Gasteiger partial charge in [0.05, 0.1) is 22.2 Å². The Kier molecular flexibility index (Phi) is 5.49. The van der Waals surface area contributed by atoms with Gasteiger partial charge in [-0.15, -0.1) is 11.3 Å². The Morgan fingerprint density at radius 2 is 2.03 bits per heavy atom.